The Morgan fingerprint density at radius 2 is 1.78 bits per heavy atom. The van der Waals surface area contributed by atoms with Gasteiger partial charge in [0.15, 0.2) is 0 Å². The maximum atomic E-state index is 12.4. The fraction of sp³-hybridized carbons (Fsp3) is 0.364. The van der Waals surface area contributed by atoms with Crippen molar-refractivity contribution in [3.8, 4) is 0 Å². The summed E-state index contributed by atoms with van der Waals surface area (Å²) >= 11 is 0. The van der Waals surface area contributed by atoms with Gasteiger partial charge < -0.3 is 10.3 Å². The van der Waals surface area contributed by atoms with Crippen molar-refractivity contribution in [1.29, 1.82) is 0 Å². The number of hydrogen-bond acceptors (Lipinski definition) is 2. The van der Waals surface area contributed by atoms with Gasteiger partial charge in [0.25, 0.3) is 0 Å². The molecule has 2 N–H and O–H groups in total. The fourth-order valence-corrected chi connectivity index (χ4v) is 3.71. The molecule has 1 amide bonds. The van der Waals surface area contributed by atoms with E-state index in [0.717, 1.165) is 17.5 Å². The third kappa shape index (κ3) is 4.48. The second-order valence-electron chi connectivity index (χ2n) is 7.77. The third-order valence-corrected chi connectivity index (χ3v) is 5.02. The summed E-state index contributed by atoms with van der Waals surface area (Å²) in [7, 11) is 0. The van der Waals surface area contributed by atoms with E-state index in [1.54, 1.807) is 4.57 Å². The molecule has 0 spiro atoms. The van der Waals surface area contributed by atoms with Crippen LogP contribution in [-0.2, 0) is 16.8 Å². The summed E-state index contributed by atoms with van der Waals surface area (Å²) in [6.45, 7) is 6.77. The minimum Gasteiger partial charge on any atom is -0.354 e. The van der Waals surface area contributed by atoms with Crippen LogP contribution in [0.3, 0.4) is 0 Å². The molecule has 0 aliphatic rings. The van der Waals surface area contributed by atoms with Crippen LogP contribution in [0.2, 0.25) is 0 Å². The zero-order valence-corrected chi connectivity index (χ0v) is 16.2. The van der Waals surface area contributed by atoms with Gasteiger partial charge in [-0.2, -0.15) is 0 Å². The Morgan fingerprint density at radius 3 is 2.52 bits per heavy atom. The number of para-hydroxylation sites is 2. The average Bonchev–Trinajstić information content (AvgIpc) is 2.95. The number of H-pyrrole nitrogens is 1. The van der Waals surface area contributed by atoms with E-state index in [9.17, 15) is 9.59 Å². The van der Waals surface area contributed by atoms with Crippen molar-refractivity contribution in [3.05, 3.63) is 70.6 Å². The first kappa shape index (κ1) is 19.0. The molecular weight excluding hydrogens is 338 g/mol. The van der Waals surface area contributed by atoms with Crippen LogP contribution < -0.4 is 11.0 Å². The zero-order valence-electron chi connectivity index (χ0n) is 16.2. The number of imidazole rings is 1. The molecular formula is C22H27N3O2. The quantitative estimate of drug-likeness (QED) is 0.672. The Balaban J connectivity index is 1.57. The van der Waals surface area contributed by atoms with Crippen molar-refractivity contribution in [1.82, 2.24) is 14.9 Å². The van der Waals surface area contributed by atoms with Crippen molar-refractivity contribution < 1.29 is 4.79 Å². The van der Waals surface area contributed by atoms with Crippen LogP contribution in [0.15, 0.2) is 59.4 Å². The van der Waals surface area contributed by atoms with E-state index in [4.69, 9.17) is 0 Å². The molecule has 2 aromatic carbocycles. The van der Waals surface area contributed by atoms with Crippen LogP contribution in [0, 0.1) is 0 Å². The highest BCUT2D eigenvalue weighted by atomic mass is 16.2. The van der Waals surface area contributed by atoms with Crippen LogP contribution in [0.4, 0.5) is 0 Å². The number of benzene rings is 2. The van der Waals surface area contributed by atoms with Crippen LogP contribution >= 0.6 is 0 Å². The van der Waals surface area contributed by atoms with E-state index >= 15 is 0 Å². The predicted octanol–water partition coefficient (Wildman–Crippen LogP) is 3.59. The van der Waals surface area contributed by atoms with Gasteiger partial charge in [-0.1, -0.05) is 56.3 Å². The molecule has 0 aliphatic carbocycles. The molecule has 27 heavy (non-hydrogen) atoms. The van der Waals surface area contributed by atoms with Gasteiger partial charge in [-0.05, 0) is 36.5 Å². The number of rotatable bonds is 7. The van der Waals surface area contributed by atoms with Crippen molar-refractivity contribution in [3.63, 3.8) is 0 Å². The molecule has 0 saturated carbocycles. The summed E-state index contributed by atoms with van der Waals surface area (Å²) in [6, 6.07) is 17.9. The molecule has 0 saturated heterocycles. The van der Waals surface area contributed by atoms with Crippen molar-refractivity contribution in [2.75, 3.05) is 0 Å². The van der Waals surface area contributed by atoms with Crippen LogP contribution in [0.1, 0.15) is 39.2 Å². The van der Waals surface area contributed by atoms with Gasteiger partial charge >= 0.3 is 5.69 Å². The number of hydrogen-bond donors (Lipinski definition) is 2. The highest BCUT2D eigenvalue weighted by Crippen LogP contribution is 2.28. The van der Waals surface area contributed by atoms with Gasteiger partial charge in [0.1, 0.15) is 0 Å². The van der Waals surface area contributed by atoms with E-state index in [-0.39, 0.29) is 29.5 Å². The second kappa shape index (κ2) is 7.82. The van der Waals surface area contributed by atoms with Gasteiger partial charge in [-0.25, -0.2) is 4.79 Å². The van der Waals surface area contributed by atoms with Gasteiger partial charge in [0.2, 0.25) is 5.91 Å². The molecule has 1 unspecified atom stereocenters. The van der Waals surface area contributed by atoms with Crippen LogP contribution in [-0.4, -0.2) is 21.5 Å². The number of aromatic nitrogens is 2. The second-order valence-corrected chi connectivity index (χ2v) is 7.77. The lowest BCUT2D eigenvalue weighted by Crippen LogP contribution is -2.37. The fourth-order valence-electron chi connectivity index (χ4n) is 3.71. The molecule has 142 valence electrons. The lowest BCUT2D eigenvalue weighted by Gasteiger charge is -2.29. The minimum absolute atomic E-state index is 0.0261. The van der Waals surface area contributed by atoms with E-state index in [2.05, 4.69) is 36.3 Å². The highest BCUT2D eigenvalue weighted by molar-refractivity contribution is 5.77. The molecule has 0 radical (unpaired) electrons. The number of fused-ring (bicyclic) bond motifs is 1. The molecule has 3 rings (SSSR count). The normalized spacial score (nSPS) is 12.9. The Morgan fingerprint density at radius 1 is 1.11 bits per heavy atom. The van der Waals surface area contributed by atoms with Gasteiger partial charge in [0, 0.05) is 19.0 Å². The van der Waals surface area contributed by atoms with Gasteiger partial charge in [0.05, 0.1) is 11.0 Å². The maximum absolute atomic E-state index is 12.4. The van der Waals surface area contributed by atoms with Gasteiger partial charge in [-0.15, -0.1) is 0 Å². The monoisotopic (exact) mass is 365 g/mol. The Labute approximate surface area is 159 Å². The SMILES string of the molecule is CC(CC(C)(C)c1ccccc1)NC(=O)CCn1c(=O)[nH]c2ccccc21. The van der Waals surface area contributed by atoms with Crippen molar-refractivity contribution in [2.24, 2.45) is 0 Å². The summed E-state index contributed by atoms with van der Waals surface area (Å²) < 4.78 is 1.62. The molecule has 5 heteroatoms. The topological polar surface area (TPSA) is 66.9 Å². The Kier molecular flexibility index (Phi) is 5.49. The highest BCUT2D eigenvalue weighted by Gasteiger charge is 2.24. The van der Waals surface area contributed by atoms with E-state index in [0.29, 0.717) is 6.54 Å². The molecule has 5 nitrogen and oxygen atoms in total. The number of carbonyl (C=O) groups is 1. The van der Waals surface area contributed by atoms with Crippen molar-refractivity contribution >= 4 is 16.9 Å². The average molecular weight is 365 g/mol. The summed E-state index contributed by atoms with van der Waals surface area (Å²) in [4.78, 5) is 27.3. The summed E-state index contributed by atoms with van der Waals surface area (Å²) in [6.07, 6.45) is 1.12. The molecule has 0 fully saturated rings. The summed E-state index contributed by atoms with van der Waals surface area (Å²) in [5, 5.41) is 3.07. The van der Waals surface area contributed by atoms with E-state index in [1.165, 1.54) is 5.56 Å². The Hall–Kier alpha value is -2.82. The number of nitrogens with one attached hydrogen (secondary N) is 2. The number of amides is 1. The molecule has 0 bridgehead atoms. The van der Waals surface area contributed by atoms with E-state index in [1.807, 2.05) is 49.4 Å². The summed E-state index contributed by atoms with van der Waals surface area (Å²) in [5.74, 6) is -0.0384. The number of carbonyl (C=O) groups excluding carboxylic acids is 1. The number of aryl methyl sites for hydroxylation is 1. The number of nitrogens with zero attached hydrogens (tertiary/aromatic N) is 1. The largest absolute Gasteiger partial charge is 0.354 e. The predicted molar refractivity (Wildman–Crippen MR) is 109 cm³/mol. The van der Waals surface area contributed by atoms with Crippen LogP contribution in [0.25, 0.3) is 11.0 Å². The zero-order chi connectivity index (χ0) is 19.4. The lowest BCUT2D eigenvalue weighted by atomic mass is 9.79. The first-order valence-corrected chi connectivity index (χ1v) is 9.39. The summed E-state index contributed by atoms with van der Waals surface area (Å²) in [5.41, 5.74) is 2.68. The maximum Gasteiger partial charge on any atom is 0.326 e. The standard InChI is InChI=1S/C22H27N3O2/c1-16(15-22(2,3)17-9-5-4-6-10-17)23-20(26)13-14-25-19-12-8-7-11-18(19)24-21(25)27/h4-12,16H,13-15H2,1-3H3,(H,23,26)(H,24,27). The molecule has 3 aromatic rings. The molecule has 1 atom stereocenters. The first-order chi connectivity index (χ1) is 12.9. The van der Waals surface area contributed by atoms with Gasteiger partial charge in [-0.3, -0.25) is 9.36 Å². The van der Waals surface area contributed by atoms with E-state index < -0.39 is 0 Å². The first-order valence-electron chi connectivity index (χ1n) is 9.39. The third-order valence-electron chi connectivity index (χ3n) is 5.02. The molecule has 1 heterocycles. The Bertz CT molecular complexity index is 970. The van der Waals surface area contributed by atoms with Crippen LogP contribution in [0.5, 0.6) is 0 Å². The van der Waals surface area contributed by atoms with Crippen molar-refractivity contribution in [2.45, 2.75) is 51.6 Å². The molecule has 0 aliphatic heterocycles. The minimum atomic E-state index is -0.178. The smallest absolute Gasteiger partial charge is 0.326 e. The lowest BCUT2D eigenvalue weighted by molar-refractivity contribution is -0.122. The molecule has 1 aromatic heterocycles. The number of aromatic amines is 1.